The Morgan fingerprint density at radius 1 is 1.14 bits per heavy atom. The third-order valence-corrected chi connectivity index (χ3v) is 4.90. The van der Waals surface area contributed by atoms with Crippen LogP contribution in [0.15, 0.2) is 39.3 Å². The number of rotatable bonds is 4. The van der Waals surface area contributed by atoms with Crippen molar-refractivity contribution < 1.29 is 4.92 Å². The summed E-state index contributed by atoms with van der Waals surface area (Å²) in [6.45, 7) is 4.43. The van der Waals surface area contributed by atoms with Gasteiger partial charge in [0.2, 0.25) is 0 Å². The quantitative estimate of drug-likeness (QED) is 0.542. The van der Waals surface area contributed by atoms with E-state index in [-0.39, 0.29) is 10.6 Å². The van der Waals surface area contributed by atoms with E-state index in [9.17, 15) is 10.1 Å². The van der Waals surface area contributed by atoms with Crippen LogP contribution in [0.2, 0.25) is 0 Å². The third-order valence-electron chi connectivity index (χ3n) is 3.16. The maximum atomic E-state index is 11.1. The molecule has 2 aromatic rings. The van der Waals surface area contributed by atoms with E-state index in [0.29, 0.717) is 12.1 Å². The van der Waals surface area contributed by atoms with E-state index in [4.69, 9.17) is 0 Å². The van der Waals surface area contributed by atoms with Crippen molar-refractivity contribution in [2.24, 2.45) is 0 Å². The van der Waals surface area contributed by atoms with E-state index < -0.39 is 0 Å². The van der Waals surface area contributed by atoms with Crippen molar-refractivity contribution >= 4 is 43.2 Å². The lowest BCUT2D eigenvalue weighted by atomic mass is 10.1. The smallest absolute Gasteiger partial charge is 0.274 e. The molecule has 1 N–H and O–H groups in total. The minimum absolute atomic E-state index is 0.122. The second-order valence-electron chi connectivity index (χ2n) is 4.81. The zero-order valence-corrected chi connectivity index (χ0v) is 14.8. The lowest BCUT2D eigenvalue weighted by Gasteiger charge is -2.11. The molecule has 0 fully saturated rings. The van der Waals surface area contributed by atoms with E-state index in [1.54, 1.807) is 12.1 Å². The number of hydrogen-bond donors (Lipinski definition) is 1. The van der Waals surface area contributed by atoms with Gasteiger partial charge in [0, 0.05) is 32.8 Å². The molecule has 2 rings (SSSR count). The van der Waals surface area contributed by atoms with Gasteiger partial charge in [-0.05, 0) is 49.2 Å². The molecule has 4 nitrogen and oxygen atoms in total. The van der Waals surface area contributed by atoms with Gasteiger partial charge in [0.1, 0.15) is 0 Å². The highest BCUT2D eigenvalue weighted by Gasteiger charge is 2.13. The third kappa shape index (κ3) is 3.83. The van der Waals surface area contributed by atoms with Gasteiger partial charge in [-0.2, -0.15) is 0 Å². The summed E-state index contributed by atoms with van der Waals surface area (Å²) < 4.78 is 1.91. The summed E-state index contributed by atoms with van der Waals surface area (Å²) in [5.74, 6) is 0. The highest BCUT2D eigenvalue weighted by molar-refractivity contribution is 9.10. The van der Waals surface area contributed by atoms with E-state index in [2.05, 4.69) is 37.2 Å². The number of hydrogen-bond acceptors (Lipinski definition) is 3. The number of aryl methyl sites for hydroxylation is 2. The molecule has 0 aliphatic carbocycles. The van der Waals surface area contributed by atoms with Crippen molar-refractivity contribution in [3.8, 4) is 0 Å². The number of anilines is 1. The first kappa shape index (κ1) is 16.0. The van der Waals surface area contributed by atoms with Gasteiger partial charge in [0.05, 0.1) is 4.92 Å². The van der Waals surface area contributed by atoms with Gasteiger partial charge in [-0.1, -0.05) is 31.9 Å². The largest absolute Gasteiger partial charge is 0.381 e. The van der Waals surface area contributed by atoms with E-state index in [1.807, 2.05) is 26.0 Å². The topological polar surface area (TPSA) is 55.2 Å². The lowest BCUT2D eigenvalue weighted by Crippen LogP contribution is -2.04. The van der Waals surface area contributed by atoms with Crippen LogP contribution in [-0.4, -0.2) is 4.92 Å². The fraction of sp³-hybridized carbons (Fsp3) is 0.200. The van der Waals surface area contributed by atoms with Gasteiger partial charge in [0.15, 0.2) is 0 Å². The summed E-state index contributed by atoms with van der Waals surface area (Å²) in [4.78, 5) is 10.7. The fourth-order valence-corrected chi connectivity index (χ4v) is 2.76. The minimum Gasteiger partial charge on any atom is -0.381 e. The molecule has 0 aromatic heterocycles. The van der Waals surface area contributed by atoms with Gasteiger partial charge in [-0.15, -0.1) is 0 Å². The Morgan fingerprint density at radius 2 is 1.76 bits per heavy atom. The number of nitro groups is 1. The zero-order chi connectivity index (χ0) is 15.6. The molecule has 0 aliphatic heterocycles. The molecule has 0 radical (unpaired) electrons. The number of nitrogens with zero attached hydrogens (tertiary/aromatic N) is 1. The number of nitrogens with one attached hydrogen (secondary N) is 1. The first-order valence-corrected chi connectivity index (χ1v) is 7.90. The van der Waals surface area contributed by atoms with Crippen molar-refractivity contribution in [2.75, 3.05) is 5.32 Å². The monoisotopic (exact) mass is 412 g/mol. The van der Waals surface area contributed by atoms with Crippen LogP contribution in [0.1, 0.15) is 16.7 Å². The Hall–Kier alpha value is -1.40. The molecule has 2 aromatic carbocycles. The molecular weight excluding hydrogens is 400 g/mol. The molecule has 21 heavy (non-hydrogen) atoms. The van der Waals surface area contributed by atoms with E-state index in [1.165, 1.54) is 6.07 Å². The zero-order valence-electron chi connectivity index (χ0n) is 11.6. The van der Waals surface area contributed by atoms with Crippen molar-refractivity contribution in [3.05, 3.63) is 66.1 Å². The summed E-state index contributed by atoms with van der Waals surface area (Å²) in [5, 5.41) is 14.3. The molecule has 0 amide bonds. The number of benzene rings is 2. The standard InChI is InChI=1S/C15H14Br2N2O2/c1-9-5-13(6-10(2)15(9)17)18-8-11-7-12(16)3-4-14(11)19(20)21/h3-7,18H,8H2,1-2H3. The van der Waals surface area contributed by atoms with Gasteiger partial charge >= 0.3 is 0 Å². The molecule has 0 unspecified atom stereocenters. The molecular formula is C15H14Br2N2O2. The fourth-order valence-electron chi connectivity index (χ4n) is 2.12. The Morgan fingerprint density at radius 3 is 2.33 bits per heavy atom. The van der Waals surface area contributed by atoms with Gasteiger partial charge in [-0.25, -0.2) is 0 Å². The second-order valence-corrected chi connectivity index (χ2v) is 6.52. The van der Waals surface area contributed by atoms with Crippen LogP contribution < -0.4 is 5.32 Å². The van der Waals surface area contributed by atoms with Crippen LogP contribution in [0.25, 0.3) is 0 Å². The molecule has 0 atom stereocenters. The first-order valence-electron chi connectivity index (χ1n) is 6.32. The maximum Gasteiger partial charge on any atom is 0.274 e. The van der Waals surface area contributed by atoms with Crippen molar-refractivity contribution in [3.63, 3.8) is 0 Å². The molecule has 0 saturated heterocycles. The minimum atomic E-state index is -0.360. The lowest BCUT2D eigenvalue weighted by molar-refractivity contribution is -0.385. The first-order chi connectivity index (χ1) is 9.88. The molecule has 0 aliphatic rings. The van der Waals surface area contributed by atoms with Gasteiger partial charge in [0.25, 0.3) is 5.69 Å². The summed E-state index contributed by atoms with van der Waals surface area (Å²) in [5.41, 5.74) is 3.97. The Bertz CT molecular complexity index is 679. The van der Waals surface area contributed by atoms with Crippen LogP contribution in [0.3, 0.4) is 0 Å². The predicted octanol–water partition coefficient (Wildman–Crippen LogP) is 5.35. The van der Waals surface area contributed by atoms with E-state index >= 15 is 0 Å². The van der Waals surface area contributed by atoms with Crippen LogP contribution >= 0.6 is 31.9 Å². The Kier molecular flexibility index (Phi) is 5.00. The van der Waals surface area contributed by atoms with E-state index in [0.717, 1.165) is 25.8 Å². The van der Waals surface area contributed by atoms with Gasteiger partial charge in [-0.3, -0.25) is 10.1 Å². The SMILES string of the molecule is Cc1cc(NCc2cc(Br)ccc2[N+](=O)[O-])cc(C)c1Br. The predicted molar refractivity (Wildman–Crippen MR) is 91.7 cm³/mol. The Balaban J connectivity index is 2.24. The van der Waals surface area contributed by atoms with Crippen LogP contribution in [-0.2, 0) is 6.54 Å². The average molecular weight is 414 g/mol. The molecule has 6 heteroatoms. The van der Waals surface area contributed by atoms with Crippen molar-refractivity contribution in [2.45, 2.75) is 20.4 Å². The highest BCUT2D eigenvalue weighted by Crippen LogP contribution is 2.27. The molecule has 0 heterocycles. The Labute approximate surface area is 140 Å². The summed E-state index contributed by atoms with van der Waals surface area (Å²) in [6.07, 6.45) is 0. The molecule has 0 saturated carbocycles. The number of nitro benzene ring substituents is 1. The summed E-state index contributed by atoms with van der Waals surface area (Å²) in [6, 6.07) is 8.99. The number of halogens is 2. The van der Waals surface area contributed by atoms with Crippen molar-refractivity contribution in [1.82, 2.24) is 0 Å². The average Bonchev–Trinajstić information content (AvgIpc) is 2.42. The summed E-state index contributed by atoms with van der Waals surface area (Å²) >= 11 is 6.87. The van der Waals surface area contributed by atoms with Gasteiger partial charge < -0.3 is 5.32 Å². The molecule has 110 valence electrons. The summed E-state index contributed by atoms with van der Waals surface area (Å²) in [7, 11) is 0. The van der Waals surface area contributed by atoms with Crippen LogP contribution in [0, 0.1) is 24.0 Å². The maximum absolute atomic E-state index is 11.1. The highest BCUT2D eigenvalue weighted by atomic mass is 79.9. The second kappa shape index (κ2) is 6.58. The van der Waals surface area contributed by atoms with Crippen LogP contribution in [0.5, 0.6) is 0 Å². The normalized spacial score (nSPS) is 10.5. The van der Waals surface area contributed by atoms with Crippen molar-refractivity contribution in [1.29, 1.82) is 0 Å². The molecule has 0 spiro atoms. The molecule has 0 bridgehead atoms. The van der Waals surface area contributed by atoms with Crippen LogP contribution in [0.4, 0.5) is 11.4 Å².